The van der Waals surface area contributed by atoms with Gasteiger partial charge in [0.2, 0.25) is 0 Å². The Morgan fingerprint density at radius 1 is 0.825 bits per heavy atom. The Morgan fingerprint density at radius 3 is 2.35 bits per heavy atom. The molecule has 220 valence electrons. The molecule has 1 amide bonds. The molecule has 0 aliphatic carbocycles. The molecule has 0 saturated carbocycles. The van der Waals surface area contributed by atoms with Gasteiger partial charge in [-0.1, -0.05) is 82.6 Å². The molecule has 0 aliphatic heterocycles. The first-order valence-corrected chi connectivity index (χ1v) is 15.7. The number of anilines is 1. The maximum absolute atomic E-state index is 12.5. The highest BCUT2D eigenvalue weighted by Crippen LogP contribution is 2.11. The van der Waals surface area contributed by atoms with Gasteiger partial charge in [-0.05, 0) is 62.6 Å². The van der Waals surface area contributed by atoms with Gasteiger partial charge in [-0.15, -0.1) is 5.10 Å². The number of rotatable bonds is 22. The highest BCUT2D eigenvalue weighted by atomic mass is 16.1. The summed E-state index contributed by atoms with van der Waals surface area (Å²) in [6.45, 7) is 6.59. The summed E-state index contributed by atoms with van der Waals surface area (Å²) in [4.78, 5) is 20.3. The van der Waals surface area contributed by atoms with E-state index in [1.165, 1.54) is 69.0 Å². The molecular formula is C32H51N7O. The van der Waals surface area contributed by atoms with Crippen molar-refractivity contribution in [2.24, 2.45) is 0 Å². The van der Waals surface area contributed by atoms with Crippen molar-refractivity contribution in [1.29, 1.82) is 0 Å². The molecule has 0 radical (unpaired) electrons. The number of aryl methyl sites for hydroxylation is 3. The first-order valence-electron chi connectivity index (χ1n) is 15.7. The molecule has 0 atom stereocenters. The van der Waals surface area contributed by atoms with E-state index in [-0.39, 0.29) is 5.91 Å². The smallest absolute Gasteiger partial charge is 0.251 e. The van der Waals surface area contributed by atoms with Crippen LogP contribution in [0.1, 0.15) is 118 Å². The van der Waals surface area contributed by atoms with Crippen molar-refractivity contribution in [2.75, 3.05) is 18.4 Å². The summed E-state index contributed by atoms with van der Waals surface area (Å²) in [5, 5.41) is 14.9. The van der Waals surface area contributed by atoms with Crippen LogP contribution in [0.5, 0.6) is 0 Å². The van der Waals surface area contributed by atoms with Crippen LogP contribution in [-0.2, 0) is 25.8 Å². The average molecular weight is 550 g/mol. The van der Waals surface area contributed by atoms with E-state index < -0.39 is 0 Å². The normalized spacial score (nSPS) is 11.2. The van der Waals surface area contributed by atoms with Crippen molar-refractivity contribution in [3.05, 3.63) is 59.2 Å². The van der Waals surface area contributed by atoms with Crippen LogP contribution in [0.2, 0.25) is 0 Å². The predicted octanol–water partition coefficient (Wildman–Crippen LogP) is 6.89. The maximum atomic E-state index is 12.5. The molecule has 8 nitrogen and oxygen atoms in total. The predicted molar refractivity (Wildman–Crippen MR) is 164 cm³/mol. The number of carbonyl (C=O) groups is 1. The van der Waals surface area contributed by atoms with E-state index in [2.05, 4.69) is 56.9 Å². The van der Waals surface area contributed by atoms with E-state index in [0.29, 0.717) is 18.7 Å². The number of imidazole rings is 1. The van der Waals surface area contributed by atoms with Gasteiger partial charge in [0.05, 0.1) is 18.4 Å². The van der Waals surface area contributed by atoms with Gasteiger partial charge in [-0.2, -0.15) is 0 Å². The zero-order valence-electron chi connectivity index (χ0n) is 24.9. The number of H-pyrrole nitrogens is 1. The third kappa shape index (κ3) is 12.3. The molecule has 0 fully saturated rings. The molecule has 0 unspecified atom stereocenters. The molecule has 2 heterocycles. The van der Waals surface area contributed by atoms with Crippen LogP contribution in [0.25, 0.3) is 0 Å². The third-order valence-electron chi connectivity index (χ3n) is 7.33. The molecule has 0 spiro atoms. The van der Waals surface area contributed by atoms with Crippen LogP contribution in [0.15, 0.2) is 36.7 Å². The van der Waals surface area contributed by atoms with Gasteiger partial charge in [-0.25, -0.2) is 4.98 Å². The number of benzene rings is 1. The van der Waals surface area contributed by atoms with Crippen molar-refractivity contribution in [3.8, 4) is 0 Å². The van der Waals surface area contributed by atoms with E-state index in [1.807, 2.05) is 29.2 Å². The molecule has 0 bridgehead atoms. The lowest BCUT2D eigenvalue weighted by Gasteiger charge is -2.06. The van der Waals surface area contributed by atoms with Gasteiger partial charge < -0.3 is 15.6 Å². The maximum Gasteiger partial charge on any atom is 0.251 e. The minimum atomic E-state index is -0.0431. The van der Waals surface area contributed by atoms with Gasteiger partial charge in [0.1, 0.15) is 0 Å². The quantitative estimate of drug-likeness (QED) is 0.118. The minimum Gasteiger partial charge on any atom is -0.356 e. The van der Waals surface area contributed by atoms with Crippen LogP contribution < -0.4 is 10.6 Å². The van der Waals surface area contributed by atoms with E-state index in [1.54, 1.807) is 0 Å². The summed E-state index contributed by atoms with van der Waals surface area (Å²) in [5.41, 5.74) is 4.20. The fourth-order valence-corrected chi connectivity index (χ4v) is 4.84. The SMILES string of the molecule is CCCCCCCCNc1ncc(CCCCCc2cn(CCNC(=O)c3ccc(CCCCC)cc3)nn2)[nH]1. The monoisotopic (exact) mass is 549 g/mol. The van der Waals surface area contributed by atoms with Crippen molar-refractivity contribution in [2.45, 2.75) is 117 Å². The molecule has 8 heteroatoms. The minimum absolute atomic E-state index is 0.0431. The van der Waals surface area contributed by atoms with Gasteiger partial charge in [0.25, 0.3) is 5.91 Å². The Hall–Kier alpha value is -3.16. The molecule has 0 saturated heterocycles. The van der Waals surface area contributed by atoms with Gasteiger partial charge in [-0.3, -0.25) is 9.48 Å². The van der Waals surface area contributed by atoms with Gasteiger partial charge >= 0.3 is 0 Å². The molecular weight excluding hydrogens is 498 g/mol. The number of aromatic amines is 1. The number of aromatic nitrogens is 5. The molecule has 0 aliphatic rings. The lowest BCUT2D eigenvalue weighted by atomic mass is 10.1. The second-order valence-corrected chi connectivity index (χ2v) is 10.9. The van der Waals surface area contributed by atoms with Crippen LogP contribution in [-0.4, -0.2) is 44.0 Å². The molecule has 3 aromatic rings. The number of hydrogen-bond acceptors (Lipinski definition) is 5. The fraction of sp³-hybridized carbons (Fsp3) is 0.625. The average Bonchev–Trinajstić information content (AvgIpc) is 3.62. The first kappa shape index (κ1) is 31.4. The number of nitrogens with zero attached hydrogens (tertiary/aromatic N) is 4. The third-order valence-corrected chi connectivity index (χ3v) is 7.33. The summed E-state index contributed by atoms with van der Waals surface area (Å²) in [6, 6.07) is 7.97. The van der Waals surface area contributed by atoms with E-state index >= 15 is 0 Å². The van der Waals surface area contributed by atoms with Gasteiger partial charge in [0, 0.05) is 30.5 Å². The Bertz CT molecular complexity index is 1070. The van der Waals surface area contributed by atoms with E-state index in [9.17, 15) is 4.79 Å². The largest absolute Gasteiger partial charge is 0.356 e. The summed E-state index contributed by atoms with van der Waals surface area (Å²) in [7, 11) is 0. The lowest BCUT2D eigenvalue weighted by molar-refractivity contribution is 0.0952. The number of amides is 1. The van der Waals surface area contributed by atoms with Crippen molar-refractivity contribution < 1.29 is 4.79 Å². The standard InChI is InChI=1S/C32H51N7O/c1-3-5-7-8-9-14-22-34-32-35-25-29(36-32)16-12-10-13-17-30-26-39(38-37-30)24-23-33-31(40)28-20-18-27(19-21-28)15-11-6-4-2/h18-21,25-26H,3-17,22-24H2,1-2H3,(H,33,40)(H2,34,35,36). The van der Waals surface area contributed by atoms with E-state index in [0.717, 1.165) is 56.7 Å². The second-order valence-electron chi connectivity index (χ2n) is 10.9. The van der Waals surface area contributed by atoms with Crippen LogP contribution in [0.3, 0.4) is 0 Å². The second kappa shape index (κ2) is 19.0. The van der Waals surface area contributed by atoms with Crippen molar-refractivity contribution in [3.63, 3.8) is 0 Å². The van der Waals surface area contributed by atoms with Crippen LogP contribution in [0, 0.1) is 0 Å². The Labute approximate surface area is 241 Å². The summed E-state index contributed by atoms with van der Waals surface area (Å²) in [5.74, 6) is 0.852. The topological polar surface area (TPSA) is 101 Å². The van der Waals surface area contributed by atoms with Crippen molar-refractivity contribution in [1.82, 2.24) is 30.3 Å². The highest BCUT2D eigenvalue weighted by Gasteiger charge is 2.07. The van der Waals surface area contributed by atoms with Crippen molar-refractivity contribution >= 4 is 11.9 Å². The summed E-state index contributed by atoms with van der Waals surface area (Å²) in [6.07, 6.45) is 21.8. The number of hydrogen-bond donors (Lipinski definition) is 3. The summed E-state index contributed by atoms with van der Waals surface area (Å²) < 4.78 is 1.82. The molecule has 3 rings (SSSR count). The van der Waals surface area contributed by atoms with Crippen LogP contribution in [0.4, 0.5) is 5.95 Å². The number of unbranched alkanes of at least 4 members (excludes halogenated alkanes) is 9. The molecule has 2 aromatic heterocycles. The summed E-state index contributed by atoms with van der Waals surface area (Å²) >= 11 is 0. The number of nitrogens with one attached hydrogen (secondary N) is 3. The first-order chi connectivity index (χ1) is 19.7. The van der Waals surface area contributed by atoms with E-state index in [4.69, 9.17) is 0 Å². The Morgan fingerprint density at radius 2 is 1.52 bits per heavy atom. The Balaban J connectivity index is 1.22. The fourth-order valence-electron chi connectivity index (χ4n) is 4.84. The highest BCUT2D eigenvalue weighted by molar-refractivity contribution is 5.94. The Kier molecular flexibility index (Phi) is 14.9. The molecule has 1 aromatic carbocycles. The van der Waals surface area contributed by atoms with Crippen LogP contribution >= 0.6 is 0 Å². The zero-order chi connectivity index (χ0) is 28.3. The molecule has 40 heavy (non-hydrogen) atoms. The number of carbonyl (C=O) groups excluding carboxylic acids is 1. The molecule has 3 N–H and O–H groups in total. The van der Waals surface area contributed by atoms with Gasteiger partial charge in [0.15, 0.2) is 5.95 Å². The lowest BCUT2D eigenvalue weighted by Crippen LogP contribution is -2.27. The zero-order valence-corrected chi connectivity index (χ0v) is 24.9.